The third-order valence-electron chi connectivity index (χ3n) is 2.18. The van der Waals surface area contributed by atoms with Crippen LogP contribution < -0.4 is 16.2 Å². The maximum atomic E-state index is 10.9. The Labute approximate surface area is 89.2 Å². The standard InChI is InChI=1S/C11H16N2O2/c1-8-5-3-4-6-9(8)15-7-11(2,13)10(12)14/h3-6H,7,13H2,1-2H3,(H2,12,14). The second-order valence-corrected chi connectivity index (χ2v) is 3.84. The van der Waals surface area contributed by atoms with Gasteiger partial charge >= 0.3 is 0 Å². The number of rotatable bonds is 4. The topological polar surface area (TPSA) is 78.3 Å². The number of carbonyl (C=O) groups excluding carboxylic acids is 1. The van der Waals surface area contributed by atoms with Crippen molar-refractivity contribution in [3.8, 4) is 5.75 Å². The lowest BCUT2D eigenvalue weighted by atomic mass is 10.1. The highest BCUT2D eigenvalue weighted by atomic mass is 16.5. The summed E-state index contributed by atoms with van der Waals surface area (Å²) in [5.41, 5.74) is 10.6. The molecule has 0 fully saturated rings. The SMILES string of the molecule is Cc1ccccc1OCC(C)(N)C(N)=O. The van der Waals surface area contributed by atoms with Gasteiger partial charge in [-0.05, 0) is 25.5 Å². The summed E-state index contributed by atoms with van der Waals surface area (Å²) in [4.78, 5) is 10.9. The minimum atomic E-state index is -1.14. The highest BCUT2D eigenvalue weighted by molar-refractivity contribution is 5.84. The monoisotopic (exact) mass is 208 g/mol. The van der Waals surface area contributed by atoms with E-state index in [2.05, 4.69) is 0 Å². The second kappa shape index (κ2) is 4.31. The van der Waals surface area contributed by atoms with E-state index in [9.17, 15) is 4.79 Å². The Morgan fingerprint density at radius 2 is 2.07 bits per heavy atom. The minimum Gasteiger partial charge on any atom is -0.491 e. The highest BCUT2D eigenvalue weighted by Gasteiger charge is 2.26. The van der Waals surface area contributed by atoms with Gasteiger partial charge in [0.1, 0.15) is 17.9 Å². The van der Waals surface area contributed by atoms with Crippen molar-refractivity contribution in [3.63, 3.8) is 0 Å². The Hall–Kier alpha value is -1.55. The predicted octanol–water partition coefficient (Wildman–Crippen LogP) is 0.577. The Bertz CT molecular complexity index is 361. The van der Waals surface area contributed by atoms with E-state index in [0.717, 1.165) is 11.3 Å². The van der Waals surface area contributed by atoms with Crippen LogP contribution in [0.5, 0.6) is 5.75 Å². The van der Waals surface area contributed by atoms with E-state index in [0.29, 0.717) is 0 Å². The fourth-order valence-corrected chi connectivity index (χ4v) is 1.02. The third-order valence-corrected chi connectivity index (χ3v) is 2.18. The average Bonchev–Trinajstić information content (AvgIpc) is 2.16. The van der Waals surface area contributed by atoms with Crippen molar-refractivity contribution in [2.45, 2.75) is 19.4 Å². The molecule has 0 saturated carbocycles. The van der Waals surface area contributed by atoms with Crippen LogP contribution in [0.1, 0.15) is 12.5 Å². The van der Waals surface area contributed by atoms with E-state index in [-0.39, 0.29) is 6.61 Å². The van der Waals surface area contributed by atoms with Crippen molar-refractivity contribution in [2.75, 3.05) is 6.61 Å². The van der Waals surface area contributed by atoms with Gasteiger partial charge in [0, 0.05) is 0 Å². The molecule has 0 heterocycles. The zero-order valence-electron chi connectivity index (χ0n) is 8.99. The first-order valence-electron chi connectivity index (χ1n) is 4.71. The van der Waals surface area contributed by atoms with Crippen LogP contribution in [0.4, 0.5) is 0 Å². The summed E-state index contributed by atoms with van der Waals surface area (Å²) in [5.74, 6) is 0.145. The molecule has 0 bridgehead atoms. The number of amides is 1. The molecular formula is C11H16N2O2. The molecule has 0 radical (unpaired) electrons. The first-order valence-corrected chi connectivity index (χ1v) is 4.71. The summed E-state index contributed by atoms with van der Waals surface area (Å²) in [6, 6.07) is 7.53. The molecule has 1 aromatic rings. The molecule has 0 aliphatic rings. The van der Waals surface area contributed by atoms with Gasteiger partial charge < -0.3 is 16.2 Å². The fraction of sp³-hybridized carbons (Fsp3) is 0.364. The smallest absolute Gasteiger partial charge is 0.240 e. The molecule has 1 rings (SSSR count). The van der Waals surface area contributed by atoms with E-state index in [1.165, 1.54) is 0 Å². The maximum Gasteiger partial charge on any atom is 0.240 e. The van der Waals surface area contributed by atoms with Gasteiger partial charge in [0.2, 0.25) is 5.91 Å². The van der Waals surface area contributed by atoms with Gasteiger partial charge in [-0.15, -0.1) is 0 Å². The zero-order valence-corrected chi connectivity index (χ0v) is 8.99. The van der Waals surface area contributed by atoms with Crippen molar-refractivity contribution < 1.29 is 9.53 Å². The van der Waals surface area contributed by atoms with E-state index in [1.54, 1.807) is 6.92 Å². The van der Waals surface area contributed by atoms with Crippen molar-refractivity contribution in [3.05, 3.63) is 29.8 Å². The number of ether oxygens (including phenoxy) is 1. The molecule has 4 heteroatoms. The van der Waals surface area contributed by atoms with Gasteiger partial charge in [-0.2, -0.15) is 0 Å². The van der Waals surface area contributed by atoms with Crippen LogP contribution in [0.2, 0.25) is 0 Å². The number of benzene rings is 1. The van der Waals surface area contributed by atoms with Gasteiger partial charge in [-0.25, -0.2) is 0 Å². The second-order valence-electron chi connectivity index (χ2n) is 3.84. The van der Waals surface area contributed by atoms with Crippen LogP contribution in [-0.2, 0) is 4.79 Å². The predicted molar refractivity (Wildman–Crippen MR) is 58.5 cm³/mol. The average molecular weight is 208 g/mol. The van der Waals surface area contributed by atoms with E-state index in [4.69, 9.17) is 16.2 Å². The molecule has 1 atom stereocenters. The highest BCUT2D eigenvalue weighted by Crippen LogP contribution is 2.17. The number of nitrogens with two attached hydrogens (primary N) is 2. The number of aryl methyl sites for hydroxylation is 1. The quantitative estimate of drug-likeness (QED) is 0.759. The van der Waals surface area contributed by atoms with Crippen LogP contribution in [-0.4, -0.2) is 18.1 Å². The van der Waals surface area contributed by atoms with Gasteiger partial charge in [-0.3, -0.25) is 4.79 Å². The van der Waals surface area contributed by atoms with Gasteiger partial charge in [0.15, 0.2) is 0 Å². The zero-order chi connectivity index (χ0) is 11.5. The van der Waals surface area contributed by atoms with E-state index in [1.807, 2.05) is 31.2 Å². The molecule has 0 aliphatic heterocycles. The molecule has 82 valence electrons. The van der Waals surface area contributed by atoms with Crippen LogP contribution >= 0.6 is 0 Å². The number of carbonyl (C=O) groups is 1. The number of hydrogen-bond acceptors (Lipinski definition) is 3. The molecule has 0 spiro atoms. The van der Waals surface area contributed by atoms with Gasteiger partial charge in [0.25, 0.3) is 0 Å². The Morgan fingerprint density at radius 3 is 2.60 bits per heavy atom. The van der Waals surface area contributed by atoms with E-state index >= 15 is 0 Å². The Morgan fingerprint density at radius 1 is 1.47 bits per heavy atom. The number of hydrogen-bond donors (Lipinski definition) is 2. The molecule has 1 unspecified atom stereocenters. The largest absolute Gasteiger partial charge is 0.491 e. The van der Waals surface area contributed by atoms with Crippen LogP contribution in [0.25, 0.3) is 0 Å². The van der Waals surface area contributed by atoms with Crippen LogP contribution in [0.3, 0.4) is 0 Å². The van der Waals surface area contributed by atoms with Crippen LogP contribution in [0, 0.1) is 6.92 Å². The van der Waals surface area contributed by atoms with Crippen molar-refractivity contribution >= 4 is 5.91 Å². The summed E-state index contributed by atoms with van der Waals surface area (Å²) in [5, 5.41) is 0. The first kappa shape index (κ1) is 11.5. The normalized spacial score (nSPS) is 14.3. The van der Waals surface area contributed by atoms with Crippen molar-refractivity contribution in [1.82, 2.24) is 0 Å². The first-order chi connectivity index (χ1) is 6.93. The number of primary amides is 1. The molecule has 1 aromatic carbocycles. The van der Waals surface area contributed by atoms with Crippen molar-refractivity contribution in [1.29, 1.82) is 0 Å². The molecular weight excluding hydrogens is 192 g/mol. The maximum absolute atomic E-state index is 10.9. The van der Waals surface area contributed by atoms with Crippen molar-refractivity contribution in [2.24, 2.45) is 11.5 Å². The van der Waals surface area contributed by atoms with Gasteiger partial charge in [-0.1, -0.05) is 18.2 Å². The molecule has 0 aromatic heterocycles. The Balaban J connectivity index is 2.66. The molecule has 15 heavy (non-hydrogen) atoms. The summed E-state index contributed by atoms with van der Waals surface area (Å²) >= 11 is 0. The summed E-state index contributed by atoms with van der Waals surface area (Å²) in [6.45, 7) is 3.55. The molecule has 4 nitrogen and oxygen atoms in total. The third kappa shape index (κ3) is 2.95. The lowest BCUT2D eigenvalue weighted by Crippen LogP contribution is -2.53. The Kier molecular flexibility index (Phi) is 3.31. The molecule has 0 aliphatic carbocycles. The summed E-state index contributed by atoms with van der Waals surface area (Å²) < 4.78 is 5.44. The fourth-order valence-electron chi connectivity index (χ4n) is 1.02. The number of para-hydroxylation sites is 1. The summed E-state index contributed by atoms with van der Waals surface area (Å²) in [7, 11) is 0. The lowest BCUT2D eigenvalue weighted by Gasteiger charge is -2.21. The van der Waals surface area contributed by atoms with Gasteiger partial charge in [0.05, 0.1) is 0 Å². The molecule has 0 saturated heterocycles. The van der Waals surface area contributed by atoms with Crippen LogP contribution in [0.15, 0.2) is 24.3 Å². The molecule has 1 amide bonds. The minimum absolute atomic E-state index is 0.0766. The molecule has 4 N–H and O–H groups in total. The summed E-state index contributed by atoms with van der Waals surface area (Å²) in [6.07, 6.45) is 0. The lowest BCUT2D eigenvalue weighted by molar-refractivity contribution is -0.123. The van der Waals surface area contributed by atoms with E-state index < -0.39 is 11.4 Å².